The normalized spacial score (nSPS) is 18.7. The highest BCUT2D eigenvalue weighted by atomic mass is 16.5. The summed E-state index contributed by atoms with van der Waals surface area (Å²) >= 11 is 0. The first-order valence-electron chi connectivity index (χ1n) is 6.89. The Balaban J connectivity index is 1.82. The second-order valence-corrected chi connectivity index (χ2v) is 5.64. The molecule has 0 aliphatic carbocycles. The third kappa shape index (κ3) is 3.71. The third-order valence-corrected chi connectivity index (χ3v) is 3.61. The van der Waals surface area contributed by atoms with Gasteiger partial charge in [-0.25, -0.2) is 0 Å². The molecule has 1 heterocycles. The maximum Gasteiger partial charge on any atom is 0.122 e. The van der Waals surface area contributed by atoms with Gasteiger partial charge in [0, 0.05) is 24.2 Å². The molecule has 5 nitrogen and oxygen atoms in total. The summed E-state index contributed by atoms with van der Waals surface area (Å²) in [4.78, 5) is 2.39. The van der Waals surface area contributed by atoms with Crippen LogP contribution in [0.4, 0.5) is 0 Å². The van der Waals surface area contributed by atoms with Gasteiger partial charge in [0.05, 0.1) is 13.2 Å². The predicted octanol–water partition coefficient (Wildman–Crippen LogP) is 1.46. The lowest BCUT2D eigenvalue weighted by Crippen LogP contribution is -2.54. The molecule has 1 aromatic rings. The van der Waals surface area contributed by atoms with E-state index < -0.39 is 0 Å². The molecule has 1 fully saturated rings. The van der Waals surface area contributed by atoms with Crippen molar-refractivity contribution in [3.05, 3.63) is 29.8 Å². The van der Waals surface area contributed by atoms with E-state index in [4.69, 9.17) is 20.6 Å². The Kier molecular flexibility index (Phi) is 4.62. The van der Waals surface area contributed by atoms with Crippen LogP contribution in [0.3, 0.4) is 0 Å². The van der Waals surface area contributed by atoms with E-state index in [0.717, 1.165) is 32.1 Å². The lowest BCUT2D eigenvalue weighted by atomic mass is 10.0. The quantitative estimate of drug-likeness (QED) is 0.631. The van der Waals surface area contributed by atoms with Crippen molar-refractivity contribution >= 4 is 5.84 Å². The highest BCUT2D eigenvalue weighted by Crippen LogP contribution is 2.18. The van der Waals surface area contributed by atoms with Gasteiger partial charge in [-0.3, -0.25) is 10.3 Å². The fourth-order valence-corrected chi connectivity index (χ4v) is 2.31. The molecule has 0 unspecified atom stereocenters. The molecule has 1 saturated heterocycles. The van der Waals surface area contributed by atoms with Crippen LogP contribution >= 0.6 is 0 Å². The largest absolute Gasteiger partial charge is 0.492 e. The number of nitrogens with two attached hydrogens (primary N) is 1. The van der Waals surface area contributed by atoms with E-state index in [0.29, 0.717) is 12.2 Å². The molecule has 5 heteroatoms. The van der Waals surface area contributed by atoms with Crippen LogP contribution in [0.15, 0.2) is 24.3 Å². The number of hydrogen-bond donors (Lipinski definition) is 2. The van der Waals surface area contributed by atoms with E-state index in [1.54, 1.807) is 12.1 Å². The van der Waals surface area contributed by atoms with Gasteiger partial charge >= 0.3 is 0 Å². The number of benzene rings is 1. The molecular formula is C15H23N3O2. The number of hydrogen-bond acceptors (Lipinski definition) is 4. The number of nitrogens with zero attached hydrogens (tertiary/aromatic N) is 1. The number of amidine groups is 1. The molecule has 0 bridgehead atoms. The molecule has 1 aliphatic heterocycles. The van der Waals surface area contributed by atoms with E-state index in [9.17, 15) is 0 Å². The van der Waals surface area contributed by atoms with Gasteiger partial charge in [-0.2, -0.15) is 0 Å². The molecule has 1 aromatic carbocycles. The highest BCUT2D eigenvalue weighted by molar-refractivity contribution is 5.94. The maximum atomic E-state index is 7.34. The molecule has 0 amide bonds. The van der Waals surface area contributed by atoms with Crippen LogP contribution in [0.25, 0.3) is 0 Å². The molecule has 20 heavy (non-hydrogen) atoms. The Morgan fingerprint density at radius 2 is 2.10 bits per heavy atom. The molecule has 0 radical (unpaired) electrons. The molecule has 1 aliphatic rings. The van der Waals surface area contributed by atoms with Crippen LogP contribution in [-0.4, -0.2) is 49.2 Å². The summed E-state index contributed by atoms with van der Waals surface area (Å²) in [6, 6.07) is 7.30. The van der Waals surface area contributed by atoms with Crippen LogP contribution in [0.1, 0.15) is 19.4 Å². The number of ether oxygens (including phenoxy) is 2. The van der Waals surface area contributed by atoms with Gasteiger partial charge in [-0.05, 0) is 38.1 Å². The van der Waals surface area contributed by atoms with E-state index in [2.05, 4.69) is 18.7 Å². The molecule has 3 N–H and O–H groups in total. The Bertz CT molecular complexity index is 457. The summed E-state index contributed by atoms with van der Waals surface area (Å²) in [5, 5.41) is 7.34. The summed E-state index contributed by atoms with van der Waals surface area (Å²) in [7, 11) is 0. The zero-order valence-electron chi connectivity index (χ0n) is 12.2. The van der Waals surface area contributed by atoms with Gasteiger partial charge in [0.1, 0.15) is 18.2 Å². The van der Waals surface area contributed by atoms with Crippen LogP contribution in [0.5, 0.6) is 5.75 Å². The first kappa shape index (κ1) is 14.8. The first-order chi connectivity index (χ1) is 9.49. The van der Waals surface area contributed by atoms with Gasteiger partial charge in [0.15, 0.2) is 0 Å². The Hall–Kier alpha value is -1.59. The van der Waals surface area contributed by atoms with Crippen LogP contribution < -0.4 is 10.5 Å². The van der Waals surface area contributed by atoms with Crippen molar-refractivity contribution in [2.75, 3.05) is 32.9 Å². The minimum atomic E-state index is 0.0695. The lowest BCUT2D eigenvalue weighted by molar-refractivity contribution is -0.0547. The van der Waals surface area contributed by atoms with Gasteiger partial charge in [0.25, 0.3) is 0 Å². The van der Waals surface area contributed by atoms with Crippen LogP contribution in [0.2, 0.25) is 0 Å². The molecule has 0 saturated carbocycles. The van der Waals surface area contributed by atoms with Crippen molar-refractivity contribution in [2.24, 2.45) is 5.73 Å². The summed E-state index contributed by atoms with van der Waals surface area (Å²) in [5.74, 6) is 0.882. The van der Waals surface area contributed by atoms with Crippen molar-refractivity contribution in [1.29, 1.82) is 5.41 Å². The lowest BCUT2D eigenvalue weighted by Gasteiger charge is -2.41. The average molecular weight is 277 g/mol. The summed E-state index contributed by atoms with van der Waals surface area (Å²) in [6.45, 7) is 8.39. The zero-order chi connectivity index (χ0) is 14.6. The summed E-state index contributed by atoms with van der Waals surface area (Å²) < 4.78 is 11.2. The van der Waals surface area contributed by atoms with Gasteiger partial charge in [-0.1, -0.05) is 0 Å². The van der Waals surface area contributed by atoms with Crippen molar-refractivity contribution in [3.8, 4) is 5.75 Å². The van der Waals surface area contributed by atoms with Crippen molar-refractivity contribution in [1.82, 2.24) is 4.90 Å². The SMILES string of the molecule is CC1(C)COCCN1CCOc1ccc(C(=N)N)cc1. The molecule has 0 atom stereocenters. The molecule has 0 spiro atoms. The topological polar surface area (TPSA) is 71.6 Å². The zero-order valence-corrected chi connectivity index (χ0v) is 12.2. The second-order valence-electron chi connectivity index (χ2n) is 5.64. The van der Waals surface area contributed by atoms with Crippen LogP contribution in [-0.2, 0) is 4.74 Å². The van der Waals surface area contributed by atoms with E-state index in [-0.39, 0.29) is 11.4 Å². The first-order valence-corrected chi connectivity index (χ1v) is 6.89. The van der Waals surface area contributed by atoms with E-state index >= 15 is 0 Å². The standard InChI is InChI=1S/C15H23N3O2/c1-15(2)11-19-9-7-18(15)8-10-20-13-5-3-12(4-6-13)14(16)17/h3-6H,7-11H2,1-2H3,(H3,16,17). The summed E-state index contributed by atoms with van der Waals surface area (Å²) in [6.07, 6.45) is 0. The van der Waals surface area contributed by atoms with Gasteiger partial charge in [-0.15, -0.1) is 0 Å². The molecule has 2 rings (SSSR count). The number of nitrogens with one attached hydrogen (secondary N) is 1. The van der Waals surface area contributed by atoms with Crippen molar-refractivity contribution in [2.45, 2.75) is 19.4 Å². The second kappa shape index (κ2) is 6.24. The average Bonchev–Trinajstić information content (AvgIpc) is 2.41. The minimum Gasteiger partial charge on any atom is -0.492 e. The van der Waals surface area contributed by atoms with Crippen molar-refractivity contribution < 1.29 is 9.47 Å². The molecule has 110 valence electrons. The Labute approximate surface area is 120 Å². The highest BCUT2D eigenvalue weighted by Gasteiger charge is 2.29. The maximum absolute atomic E-state index is 7.34. The Morgan fingerprint density at radius 3 is 2.70 bits per heavy atom. The van der Waals surface area contributed by atoms with Gasteiger partial charge < -0.3 is 15.2 Å². The molecule has 0 aromatic heterocycles. The van der Waals surface area contributed by atoms with Crippen molar-refractivity contribution in [3.63, 3.8) is 0 Å². The summed E-state index contributed by atoms with van der Waals surface area (Å²) in [5.41, 5.74) is 6.20. The van der Waals surface area contributed by atoms with E-state index in [1.165, 1.54) is 0 Å². The number of nitrogen functional groups attached to an aromatic ring is 1. The van der Waals surface area contributed by atoms with Gasteiger partial charge in [0.2, 0.25) is 0 Å². The fourth-order valence-electron chi connectivity index (χ4n) is 2.31. The van der Waals surface area contributed by atoms with Crippen LogP contribution in [0, 0.1) is 5.41 Å². The molecular weight excluding hydrogens is 254 g/mol. The number of morpholine rings is 1. The minimum absolute atomic E-state index is 0.0695. The number of rotatable bonds is 5. The smallest absolute Gasteiger partial charge is 0.122 e. The monoisotopic (exact) mass is 277 g/mol. The third-order valence-electron chi connectivity index (χ3n) is 3.61. The Morgan fingerprint density at radius 1 is 1.40 bits per heavy atom. The fraction of sp³-hybridized carbons (Fsp3) is 0.533. The predicted molar refractivity (Wildman–Crippen MR) is 79.4 cm³/mol. The van der Waals surface area contributed by atoms with E-state index in [1.807, 2.05) is 12.1 Å².